The second-order valence-electron chi connectivity index (χ2n) is 3.96. The van der Waals surface area contributed by atoms with Gasteiger partial charge < -0.3 is 10.2 Å². The van der Waals surface area contributed by atoms with Crippen LogP contribution in [-0.2, 0) is 23.1 Å². The summed E-state index contributed by atoms with van der Waals surface area (Å²) in [5.41, 5.74) is 7.45. The van der Waals surface area contributed by atoms with Gasteiger partial charge in [0.25, 0.3) is 0 Å². The third kappa shape index (κ3) is 3.26. The van der Waals surface area contributed by atoms with Crippen molar-refractivity contribution < 1.29 is 12.8 Å². The normalized spacial score (nSPS) is 11.9. The van der Waals surface area contributed by atoms with Crippen molar-refractivity contribution in [1.29, 1.82) is 0 Å². The van der Waals surface area contributed by atoms with Gasteiger partial charge in [-0.3, -0.25) is 0 Å². The van der Waals surface area contributed by atoms with Crippen LogP contribution in [-0.4, -0.2) is 8.42 Å². The first-order valence-electron chi connectivity index (χ1n) is 5.43. The maximum Gasteiger partial charge on any atom is 0.245 e. The molecule has 0 saturated heterocycles. The van der Waals surface area contributed by atoms with Crippen molar-refractivity contribution in [1.82, 2.24) is 4.72 Å². The number of sulfonamides is 1. The molecular formula is C11H13BrN2O3S2. The fourth-order valence-electron chi connectivity index (χ4n) is 1.50. The summed E-state index contributed by atoms with van der Waals surface area (Å²) < 4.78 is 32.2. The fraction of sp³-hybridized carbons (Fsp3) is 0.273. The Kier molecular flexibility index (Phi) is 4.46. The van der Waals surface area contributed by atoms with Crippen molar-refractivity contribution in [2.75, 3.05) is 0 Å². The van der Waals surface area contributed by atoms with Gasteiger partial charge in [0, 0.05) is 12.6 Å². The third-order valence-electron chi connectivity index (χ3n) is 2.61. The molecule has 0 aliphatic carbocycles. The van der Waals surface area contributed by atoms with Gasteiger partial charge in [0.1, 0.15) is 10.7 Å². The zero-order chi connectivity index (χ0) is 14.0. The maximum atomic E-state index is 12.2. The van der Waals surface area contributed by atoms with Crippen molar-refractivity contribution in [2.45, 2.75) is 24.9 Å². The molecule has 19 heavy (non-hydrogen) atoms. The Morgan fingerprint density at radius 3 is 2.74 bits per heavy atom. The SMILES string of the molecule is Cc1cscc1CNS(=O)(=O)c1cc(CN)oc1Br. The molecule has 2 rings (SSSR count). The van der Waals surface area contributed by atoms with Gasteiger partial charge in [-0.2, -0.15) is 11.3 Å². The van der Waals surface area contributed by atoms with Crippen LogP contribution >= 0.6 is 27.3 Å². The minimum absolute atomic E-state index is 0.0702. The van der Waals surface area contributed by atoms with Gasteiger partial charge in [-0.05, 0) is 44.7 Å². The molecule has 0 aromatic carbocycles. The summed E-state index contributed by atoms with van der Waals surface area (Å²) in [6, 6.07) is 1.42. The van der Waals surface area contributed by atoms with E-state index in [9.17, 15) is 8.42 Å². The van der Waals surface area contributed by atoms with Crippen LogP contribution in [0.15, 0.2) is 30.8 Å². The molecule has 0 amide bonds. The van der Waals surface area contributed by atoms with Crippen molar-refractivity contribution in [3.05, 3.63) is 38.4 Å². The molecule has 3 N–H and O–H groups in total. The lowest BCUT2D eigenvalue weighted by Crippen LogP contribution is -2.23. The third-order valence-corrected chi connectivity index (χ3v) is 5.78. The average molecular weight is 365 g/mol. The van der Waals surface area contributed by atoms with E-state index in [1.165, 1.54) is 6.07 Å². The van der Waals surface area contributed by atoms with Gasteiger partial charge in [0.2, 0.25) is 10.0 Å². The Bertz CT molecular complexity index is 676. The summed E-state index contributed by atoms with van der Waals surface area (Å²) in [6.07, 6.45) is 0. The lowest BCUT2D eigenvalue weighted by molar-refractivity contribution is 0.483. The molecule has 2 aromatic heterocycles. The molecule has 0 aliphatic rings. The molecule has 0 atom stereocenters. The molecule has 2 heterocycles. The highest BCUT2D eigenvalue weighted by molar-refractivity contribution is 9.10. The molecule has 0 spiro atoms. The number of thiophene rings is 1. The zero-order valence-corrected chi connectivity index (χ0v) is 13.4. The van der Waals surface area contributed by atoms with E-state index in [2.05, 4.69) is 20.7 Å². The molecule has 5 nitrogen and oxygen atoms in total. The first-order valence-corrected chi connectivity index (χ1v) is 8.65. The molecule has 8 heteroatoms. The number of furan rings is 1. The minimum Gasteiger partial charge on any atom is -0.452 e. The van der Waals surface area contributed by atoms with Gasteiger partial charge in [0.05, 0.1) is 6.54 Å². The molecule has 0 radical (unpaired) electrons. The van der Waals surface area contributed by atoms with Gasteiger partial charge in [-0.1, -0.05) is 0 Å². The fourth-order valence-corrected chi connectivity index (χ4v) is 4.36. The minimum atomic E-state index is -3.61. The number of rotatable bonds is 5. The van der Waals surface area contributed by atoms with E-state index in [1.807, 2.05) is 17.7 Å². The summed E-state index contributed by atoms with van der Waals surface area (Å²) in [6.45, 7) is 2.35. The van der Waals surface area contributed by atoms with E-state index in [1.54, 1.807) is 11.3 Å². The Morgan fingerprint density at radius 2 is 2.21 bits per heavy atom. The molecule has 0 fully saturated rings. The predicted molar refractivity (Wildman–Crippen MR) is 77.4 cm³/mol. The van der Waals surface area contributed by atoms with Crippen LogP contribution in [0.2, 0.25) is 0 Å². The maximum absolute atomic E-state index is 12.2. The number of hydrogen-bond donors (Lipinski definition) is 2. The van der Waals surface area contributed by atoms with E-state index in [-0.39, 0.29) is 22.7 Å². The van der Waals surface area contributed by atoms with Crippen molar-refractivity contribution in [3.63, 3.8) is 0 Å². The first kappa shape index (κ1) is 14.7. The highest BCUT2D eigenvalue weighted by Crippen LogP contribution is 2.26. The van der Waals surface area contributed by atoms with E-state index >= 15 is 0 Å². The quantitative estimate of drug-likeness (QED) is 0.852. The molecule has 0 bridgehead atoms. The largest absolute Gasteiger partial charge is 0.452 e. The second kappa shape index (κ2) is 5.76. The number of nitrogens with one attached hydrogen (secondary N) is 1. The lowest BCUT2D eigenvalue weighted by Gasteiger charge is -2.04. The highest BCUT2D eigenvalue weighted by atomic mass is 79.9. The Balaban J connectivity index is 2.18. The van der Waals surface area contributed by atoms with Crippen LogP contribution in [0, 0.1) is 6.92 Å². The number of nitrogens with two attached hydrogens (primary N) is 1. The van der Waals surface area contributed by atoms with Crippen LogP contribution in [0.3, 0.4) is 0 Å². The molecule has 0 unspecified atom stereocenters. The van der Waals surface area contributed by atoms with Crippen molar-refractivity contribution >= 4 is 37.3 Å². The second-order valence-corrected chi connectivity index (χ2v) is 7.16. The van der Waals surface area contributed by atoms with Crippen LogP contribution in [0.25, 0.3) is 0 Å². The summed E-state index contributed by atoms with van der Waals surface area (Å²) in [4.78, 5) is 0.0702. The Hall–Kier alpha value is -0.670. The van der Waals surface area contributed by atoms with Gasteiger partial charge in [0.15, 0.2) is 4.67 Å². The molecular weight excluding hydrogens is 352 g/mol. The van der Waals surface area contributed by atoms with E-state index in [4.69, 9.17) is 10.2 Å². The van der Waals surface area contributed by atoms with Crippen molar-refractivity contribution in [3.8, 4) is 0 Å². The standard InChI is InChI=1S/C11H13BrN2O3S2/c1-7-5-18-6-8(7)4-14-19(15,16)10-2-9(3-13)17-11(10)12/h2,5-6,14H,3-4,13H2,1H3. The predicted octanol–water partition coefficient (Wildman–Crippen LogP) is 2.35. The topological polar surface area (TPSA) is 85.3 Å². The number of hydrogen-bond acceptors (Lipinski definition) is 5. The Morgan fingerprint density at radius 1 is 1.47 bits per heavy atom. The van der Waals surface area contributed by atoms with Gasteiger partial charge in [-0.15, -0.1) is 0 Å². The van der Waals surface area contributed by atoms with E-state index in [0.717, 1.165) is 11.1 Å². The van der Waals surface area contributed by atoms with Gasteiger partial charge in [-0.25, -0.2) is 13.1 Å². The summed E-state index contributed by atoms with van der Waals surface area (Å²) in [7, 11) is -3.61. The molecule has 0 saturated carbocycles. The monoisotopic (exact) mass is 364 g/mol. The van der Waals surface area contributed by atoms with Crippen LogP contribution in [0.1, 0.15) is 16.9 Å². The summed E-state index contributed by atoms with van der Waals surface area (Å²) >= 11 is 4.63. The van der Waals surface area contributed by atoms with Crippen molar-refractivity contribution in [2.24, 2.45) is 5.73 Å². The number of aryl methyl sites for hydroxylation is 1. The van der Waals surface area contributed by atoms with Crippen LogP contribution < -0.4 is 10.5 Å². The summed E-state index contributed by atoms with van der Waals surface area (Å²) in [5.74, 6) is 0.416. The molecule has 0 aliphatic heterocycles. The summed E-state index contributed by atoms with van der Waals surface area (Å²) in [5, 5.41) is 3.90. The zero-order valence-electron chi connectivity index (χ0n) is 10.1. The Labute approximate surface area is 124 Å². The van der Waals surface area contributed by atoms with Crippen LogP contribution in [0.5, 0.6) is 0 Å². The average Bonchev–Trinajstić information content (AvgIpc) is 2.93. The smallest absolute Gasteiger partial charge is 0.245 e. The van der Waals surface area contributed by atoms with Crippen LogP contribution in [0.4, 0.5) is 0 Å². The van der Waals surface area contributed by atoms with E-state index < -0.39 is 10.0 Å². The van der Waals surface area contributed by atoms with Gasteiger partial charge >= 0.3 is 0 Å². The van der Waals surface area contributed by atoms with E-state index in [0.29, 0.717) is 5.76 Å². The lowest BCUT2D eigenvalue weighted by atomic mass is 10.2. The molecule has 2 aromatic rings. The highest BCUT2D eigenvalue weighted by Gasteiger charge is 2.22. The molecule has 104 valence electrons. The number of halogens is 1. The first-order chi connectivity index (χ1) is 8.94.